The van der Waals surface area contributed by atoms with E-state index in [0.717, 1.165) is 0 Å². The number of carbonyl (C=O) groups is 2. The maximum absolute atomic E-state index is 13.0. The number of benzene rings is 2. The second-order valence-electron chi connectivity index (χ2n) is 8.31. The zero-order valence-corrected chi connectivity index (χ0v) is 21.9. The number of alkyl halides is 5. The molecular formula is C26H31F5N2O7. The Bertz CT molecular complexity index is 1080. The molecule has 0 aliphatic carbocycles. The van der Waals surface area contributed by atoms with Crippen LogP contribution < -0.4 is 14.8 Å². The van der Waals surface area contributed by atoms with Crippen molar-refractivity contribution in [2.24, 2.45) is 0 Å². The van der Waals surface area contributed by atoms with E-state index < -0.39 is 37.0 Å². The molecular weight excluding hydrogens is 547 g/mol. The number of methoxy groups -OCH3 is 1. The van der Waals surface area contributed by atoms with Gasteiger partial charge in [-0.25, -0.2) is 9.59 Å². The Morgan fingerprint density at radius 2 is 1.68 bits per heavy atom. The van der Waals surface area contributed by atoms with Crippen molar-refractivity contribution in [3.8, 4) is 11.5 Å². The fourth-order valence-electron chi connectivity index (χ4n) is 3.42. The topological polar surface area (TPSA) is 107 Å². The molecule has 40 heavy (non-hydrogen) atoms. The first-order valence-corrected chi connectivity index (χ1v) is 12.2. The molecule has 2 amide bonds. The first-order valence-electron chi connectivity index (χ1n) is 12.2. The Balaban J connectivity index is 2.00. The molecule has 0 heterocycles. The largest absolute Gasteiger partial charge is 0.495 e. The summed E-state index contributed by atoms with van der Waals surface area (Å²) in [6.45, 7) is 0.671. The number of carboxylic acids is 1. The lowest BCUT2D eigenvalue weighted by atomic mass is 10.1. The molecule has 14 heteroatoms. The monoisotopic (exact) mass is 578 g/mol. The summed E-state index contributed by atoms with van der Waals surface area (Å²) in [7, 11) is 1.40. The van der Waals surface area contributed by atoms with Gasteiger partial charge in [-0.3, -0.25) is 0 Å². The van der Waals surface area contributed by atoms with E-state index in [-0.39, 0.29) is 39.1 Å². The third-order valence-corrected chi connectivity index (χ3v) is 5.44. The number of nitrogens with zero attached hydrogens (tertiary/aromatic N) is 1. The van der Waals surface area contributed by atoms with E-state index in [1.807, 2.05) is 0 Å². The van der Waals surface area contributed by atoms with Gasteiger partial charge in [0.25, 0.3) is 0 Å². The van der Waals surface area contributed by atoms with Crippen molar-refractivity contribution in [1.29, 1.82) is 0 Å². The van der Waals surface area contributed by atoms with E-state index in [1.54, 1.807) is 55.5 Å². The van der Waals surface area contributed by atoms with Crippen molar-refractivity contribution in [2.45, 2.75) is 38.2 Å². The van der Waals surface area contributed by atoms with Gasteiger partial charge in [0.1, 0.15) is 18.1 Å². The molecule has 1 unspecified atom stereocenters. The van der Waals surface area contributed by atoms with Crippen LogP contribution in [0.15, 0.2) is 48.5 Å². The van der Waals surface area contributed by atoms with Crippen LogP contribution in [0.3, 0.4) is 0 Å². The number of urea groups is 1. The molecule has 0 aliphatic heterocycles. The predicted molar refractivity (Wildman–Crippen MR) is 134 cm³/mol. The van der Waals surface area contributed by atoms with Gasteiger partial charge in [-0.1, -0.05) is 24.3 Å². The molecule has 0 spiro atoms. The minimum absolute atomic E-state index is 0.0467. The van der Waals surface area contributed by atoms with Gasteiger partial charge in [-0.05, 0) is 43.2 Å². The van der Waals surface area contributed by atoms with E-state index >= 15 is 0 Å². The lowest BCUT2D eigenvalue weighted by Gasteiger charge is -2.25. The second kappa shape index (κ2) is 15.2. The summed E-state index contributed by atoms with van der Waals surface area (Å²) in [6, 6.07) is 12.4. The normalized spacial score (nSPS) is 12.5. The number of carboxylic acid groups (broad SMARTS) is 1. The van der Waals surface area contributed by atoms with E-state index in [4.69, 9.17) is 14.2 Å². The van der Waals surface area contributed by atoms with Gasteiger partial charge in [0.15, 0.2) is 6.10 Å². The third-order valence-electron chi connectivity index (χ3n) is 5.44. The highest BCUT2D eigenvalue weighted by atomic mass is 19.4. The highest BCUT2D eigenvalue weighted by Crippen LogP contribution is 2.36. The van der Waals surface area contributed by atoms with Crippen LogP contribution in [0, 0.1) is 0 Å². The minimum Gasteiger partial charge on any atom is -0.495 e. The summed E-state index contributed by atoms with van der Waals surface area (Å²) in [6.07, 6.45) is -12.3. The molecule has 2 aromatic rings. The molecule has 0 radical (unpaired) electrons. The number of carbonyl (C=O) groups excluding carboxylic acids is 1. The summed E-state index contributed by atoms with van der Waals surface area (Å²) in [5, 5.41) is 11.8. The molecule has 1 atom stereocenters. The van der Waals surface area contributed by atoms with E-state index in [1.165, 1.54) is 12.0 Å². The summed E-state index contributed by atoms with van der Waals surface area (Å²) in [5.41, 5.74) is 1.02. The van der Waals surface area contributed by atoms with Crippen LogP contribution in [-0.2, 0) is 20.7 Å². The van der Waals surface area contributed by atoms with Crippen molar-refractivity contribution in [3.63, 3.8) is 0 Å². The van der Waals surface area contributed by atoms with Gasteiger partial charge in [0.05, 0.1) is 25.9 Å². The van der Waals surface area contributed by atoms with Gasteiger partial charge in [0, 0.05) is 19.6 Å². The van der Waals surface area contributed by atoms with Gasteiger partial charge in [-0.2, -0.15) is 22.0 Å². The van der Waals surface area contributed by atoms with Crippen molar-refractivity contribution in [1.82, 2.24) is 4.90 Å². The van der Waals surface area contributed by atoms with Gasteiger partial charge in [0.2, 0.25) is 0 Å². The number of anilines is 1. The smallest absolute Gasteiger partial charge is 0.482 e. The SMILES string of the molecule is CCOC(Cc1ccc(OCCN(CCCOC(F)(F)C(F)(F)F)C(=O)Nc2ccccc2OC)cc1)C(=O)O. The Kier molecular flexibility index (Phi) is 12.4. The van der Waals surface area contributed by atoms with Crippen LogP contribution in [-0.4, -0.2) is 80.4 Å². The number of amides is 2. The average Bonchev–Trinajstić information content (AvgIpc) is 2.90. The first-order chi connectivity index (χ1) is 18.9. The Hall–Kier alpha value is -3.65. The molecule has 9 nitrogen and oxygen atoms in total. The quantitative estimate of drug-likeness (QED) is 0.208. The number of ether oxygens (including phenoxy) is 4. The average molecular weight is 579 g/mol. The van der Waals surface area contributed by atoms with Crippen molar-refractivity contribution in [2.75, 3.05) is 45.3 Å². The molecule has 0 bridgehead atoms. The number of para-hydroxylation sites is 2. The minimum atomic E-state index is -5.85. The zero-order chi connectivity index (χ0) is 29.8. The van der Waals surface area contributed by atoms with E-state index in [9.17, 15) is 36.6 Å². The fourth-order valence-corrected chi connectivity index (χ4v) is 3.42. The lowest BCUT2D eigenvalue weighted by Crippen LogP contribution is -2.41. The third kappa shape index (κ3) is 10.2. The number of nitrogens with one attached hydrogen (secondary N) is 1. The summed E-state index contributed by atoms with van der Waals surface area (Å²) >= 11 is 0. The number of hydrogen-bond donors (Lipinski definition) is 2. The second-order valence-corrected chi connectivity index (χ2v) is 8.31. The van der Waals surface area contributed by atoms with Crippen molar-refractivity contribution >= 4 is 17.7 Å². The first kappa shape index (κ1) is 32.6. The molecule has 222 valence electrons. The van der Waals surface area contributed by atoms with Crippen LogP contribution in [0.25, 0.3) is 0 Å². The summed E-state index contributed by atoms with van der Waals surface area (Å²) in [5.74, 6) is -0.318. The summed E-state index contributed by atoms with van der Waals surface area (Å²) < 4.78 is 82.8. The molecule has 0 saturated carbocycles. The van der Waals surface area contributed by atoms with Gasteiger partial charge < -0.3 is 34.3 Å². The van der Waals surface area contributed by atoms with Crippen LogP contribution in [0.5, 0.6) is 11.5 Å². The standard InChI is InChI=1S/C26H31F5N2O7/c1-3-38-22(23(34)35)17-18-9-11-19(12-10-18)39-16-14-33(13-6-15-40-26(30,31)25(27,28)29)24(36)32-20-7-4-5-8-21(20)37-2/h4-5,7-12,22H,3,6,13-17H2,1-2H3,(H,32,36)(H,34,35). The van der Waals surface area contributed by atoms with Crippen molar-refractivity contribution in [3.05, 3.63) is 54.1 Å². The van der Waals surface area contributed by atoms with Crippen LogP contribution in [0.1, 0.15) is 18.9 Å². The van der Waals surface area contributed by atoms with Crippen molar-refractivity contribution < 1.29 is 55.6 Å². The maximum atomic E-state index is 13.0. The van der Waals surface area contributed by atoms with Crippen LogP contribution >= 0.6 is 0 Å². The predicted octanol–water partition coefficient (Wildman–Crippen LogP) is 5.20. The molecule has 0 fully saturated rings. The summed E-state index contributed by atoms with van der Waals surface area (Å²) in [4.78, 5) is 25.4. The van der Waals surface area contributed by atoms with E-state index in [2.05, 4.69) is 10.1 Å². The number of aliphatic carboxylic acids is 1. The van der Waals surface area contributed by atoms with Gasteiger partial charge >= 0.3 is 24.3 Å². The molecule has 0 aromatic heterocycles. The molecule has 0 aliphatic rings. The Morgan fingerprint density at radius 3 is 2.27 bits per heavy atom. The zero-order valence-electron chi connectivity index (χ0n) is 21.9. The highest BCUT2D eigenvalue weighted by molar-refractivity contribution is 5.91. The Labute approximate surface area is 227 Å². The maximum Gasteiger partial charge on any atom is 0.482 e. The lowest BCUT2D eigenvalue weighted by molar-refractivity contribution is -0.391. The number of hydrogen-bond acceptors (Lipinski definition) is 6. The highest BCUT2D eigenvalue weighted by Gasteiger charge is 2.59. The Morgan fingerprint density at radius 1 is 1.00 bits per heavy atom. The number of rotatable bonds is 16. The molecule has 2 rings (SSSR count). The van der Waals surface area contributed by atoms with E-state index in [0.29, 0.717) is 22.7 Å². The van der Waals surface area contributed by atoms with Crippen LogP contribution in [0.4, 0.5) is 32.4 Å². The fraction of sp³-hybridized carbons (Fsp3) is 0.462. The molecule has 2 N–H and O–H groups in total. The molecule has 0 saturated heterocycles. The van der Waals surface area contributed by atoms with Crippen LogP contribution in [0.2, 0.25) is 0 Å². The molecule has 2 aromatic carbocycles. The number of halogens is 5. The van der Waals surface area contributed by atoms with Gasteiger partial charge in [-0.15, -0.1) is 0 Å².